The second kappa shape index (κ2) is 7.53. The molecule has 2 aromatic carbocycles. The van der Waals surface area contributed by atoms with E-state index in [4.69, 9.17) is 11.6 Å². The predicted octanol–water partition coefficient (Wildman–Crippen LogP) is 4.89. The van der Waals surface area contributed by atoms with Gasteiger partial charge in [-0.2, -0.15) is 13.9 Å². The summed E-state index contributed by atoms with van der Waals surface area (Å²) in [5.74, 6) is -0.600. The quantitative estimate of drug-likeness (QED) is 0.665. The third-order valence-corrected chi connectivity index (χ3v) is 3.87. The van der Waals surface area contributed by atoms with Crippen LogP contribution in [-0.2, 0) is 0 Å². The number of amides is 1. The van der Waals surface area contributed by atoms with E-state index in [1.807, 2.05) is 31.2 Å². The van der Waals surface area contributed by atoms with Crippen LogP contribution in [0, 0.1) is 6.92 Å². The summed E-state index contributed by atoms with van der Waals surface area (Å²) in [4.78, 5) is 12.3. The standard InChI is InChI=1S/C18H14ClF2N3O2/c1-10-2-4-11(5-3-10)14-9-15(24-23-14)17(25)22-12-6-7-16(13(19)8-12)26-18(20)21/h2-9,18H,1H3,(H,22,25)(H,23,24). The monoisotopic (exact) mass is 377 g/mol. The van der Waals surface area contributed by atoms with E-state index in [1.165, 1.54) is 18.2 Å². The lowest BCUT2D eigenvalue weighted by atomic mass is 10.1. The van der Waals surface area contributed by atoms with Crippen molar-refractivity contribution in [3.05, 3.63) is 64.8 Å². The van der Waals surface area contributed by atoms with Crippen LogP contribution in [0.25, 0.3) is 11.3 Å². The predicted molar refractivity (Wildman–Crippen MR) is 94.8 cm³/mol. The number of rotatable bonds is 5. The Hall–Kier alpha value is -2.93. The fourth-order valence-electron chi connectivity index (χ4n) is 2.28. The summed E-state index contributed by atoms with van der Waals surface area (Å²) >= 11 is 5.87. The summed E-state index contributed by atoms with van der Waals surface area (Å²) in [5, 5.41) is 9.38. The van der Waals surface area contributed by atoms with E-state index >= 15 is 0 Å². The molecule has 2 N–H and O–H groups in total. The van der Waals surface area contributed by atoms with Gasteiger partial charge in [0.1, 0.15) is 11.4 Å². The van der Waals surface area contributed by atoms with Gasteiger partial charge < -0.3 is 10.1 Å². The molecule has 0 fully saturated rings. The second-order valence-electron chi connectivity index (χ2n) is 5.51. The lowest BCUT2D eigenvalue weighted by molar-refractivity contribution is -0.0497. The molecule has 0 bridgehead atoms. The zero-order valence-corrected chi connectivity index (χ0v) is 14.3. The summed E-state index contributed by atoms with van der Waals surface area (Å²) in [7, 11) is 0. The lowest BCUT2D eigenvalue weighted by Crippen LogP contribution is -2.12. The maximum atomic E-state index is 12.3. The second-order valence-corrected chi connectivity index (χ2v) is 5.92. The zero-order valence-electron chi connectivity index (χ0n) is 13.6. The van der Waals surface area contributed by atoms with Crippen LogP contribution < -0.4 is 10.1 Å². The number of nitrogens with zero attached hydrogens (tertiary/aromatic N) is 1. The third-order valence-electron chi connectivity index (χ3n) is 3.58. The molecule has 1 aromatic heterocycles. The Bertz CT molecular complexity index is 926. The van der Waals surface area contributed by atoms with Gasteiger partial charge in [0, 0.05) is 11.3 Å². The van der Waals surface area contributed by atoms with Gasteiger partial charge in [0.05, 0.1) is 10.7 Å². The van der Waals surface area contributed by atoms with Crippen LogP contribution in [0.4, 0.5) is 14.5 Å². The van der Waals surface area contributed by atoms with Gasteiger partial charge in [0.15, 0.2) is 0 Å². The average Bonchev–Trinajstić information content (AvgIpc) is 3.08. The average molecular weight is 378 g/mol. The highest BCUT2D eigenvalue weighted by Crippen LogP contribution is 2.29. The third kappa shape index (κ3) is 4.18. The van der Waals surface area contributed by atoms with Crippen molar-refractivity contribution in [1.82, 2.24) is 10.2 Å². The molecule has 0 saturated heterocycles. The van der Waals surface area contributed by atoms with E-state index in [0.717, 1.165) is 11.1 Å². The Balaban J connectivity index is 1.72. The summed E-state index contributed by atoms with van der Waals surface area (Å²) < 4.78 is 28.7. The number of benzene rings is 2. The minimum Gasteiger partial charge on any atom is -0.433 e. The molecule has 0 aliphatic rings. The Morgan fingerprint density at radius 1 is 1.19 bits per heavy atom. The first-order valence-corrected chi connectivity index (χ1v) is 7.98. The number of carbonyl (C=O) groups is 1. The maximum Gasteiger partial charge on any atom is 0.387 e. The van der Waals surface area contributed by atoms with Crippen molar-refractivity contribution in [3.8, 4) is 17.0 Å². The van der Waals surface area contributed by atoms with Gasteiger partial charge in [0.25, 0.3) is 5.91 Å². The van der Waals surface area contributed by atoms with Crippen molar-refractivity contribution in [1.29, 1.82) is 0 Å². The Morgan fingerprint density at radius 3 is 2.58 bits per heavy atom. The first-order valence-electron chi connectivity index (χ1n) is 7.60. The number of anilines is 1. The van der Waals surface area contributed by atoms with Gasteiger partial charge >= 0.3 is 6.61 Å². The van der Waals surface area contributed by atoms with E-state index in [9.17, 15) is 13.6 Å². The van der Waals surface area contributed by atoms with Crippen molar-refractivity contribution in [2.45, 2.75) is 13.5 Å². The molecule has 134 valence electrons. The number of H-pyrrole nitrogens is 1. The normalized spacial score (nSPS) is 10.8. The first-order chi connectivity index (χ1) is 12.4. The molecule has 0 saturated carbocycles. The van der Waals surface area contributed by atoms with Crippen molar-refractivity contribution < 1.29 is 18.3 Å². The van der Waals surface area contributed by atoms with Gasteiger partial charge in [0.2, 0.25) is 0 Å². The molecule has 0 aliphatic heterocycles. The number of halogens is 3. The fourth-order valence-corrected chi connectivity index (χ4v) is 2.50. The van der Waals surface area contributed by atoms with Crippen LogP contribution in [0.3, 0.4) is 0 Å². The van der Waals surface area contributed by atoms with Crippen molar-refractivity contribution >= 4 is 23.2 Å². The van der Waals surface area contributed by atoms with Gasteiger partial charge in [-0.1, -0.05) is 41.4 Å². The van der Waals surface area contributed by atoms with Crippen LogP contribution in [0.5, 0.6) is 5.75 Å². The van der Waals surface area contributed by atoms with Crippen LogP contribution in [0.2, 0.25) is 5.02 Å². The molecule has 8 heteroatoms. The van der Waals surface area contributed by atoms with Gasteiger partial charge in [-0.05, 0) is 31.2 Å². The van der Waals surface area contributed by atoms with Crippen molar-refractivity contribution in [2.24, 2.45) is 0 Å². The molecule has 1 heterocycles. The fraction of sp³-hybridized carbons (Fsp3) is 0.111. The highest BCUT2D eigenvalue weighted by atomic mass is 35.5. The van der Waals surface area contributed by atoms with Crippen molar-refractivity contribution in [3.63, 3.8) is 0 Å². The number of aromatic amines is 1. The molecule has 0 atom stereocenters. The molecule has 3 rings (SSSR count). The molecule has 26 heavy (non-hydrogen) atoms. The summed E-state index contributed by atoms with van der Waals surface area (Å²) in [6, 6.07) is 13.4. The molecular weight excluding hydrogens is 364 g/mol. The number of nitrogens with one attached hydrogen (secondary N) is 2. The van der Waals surface area contributed by atoms with Crippen LogP contribution >= 0.6 is 11.6 Å². The Kier molecular flexibility index (Phi) is 5.18. The number of ether oxygens (including phenoxy) is 1. The van der Waals surface area contributed by atoms with Gasteiger partial charge in [-0.15, -0.1) is 0 Å². The molecule has 3 aromatic rings. The number of hydrogen-bond acceptors (Lipinski definition) is 3. The minimum absolute atomic E-state index is 0.0342. The molecular formula is C18H14ClF2N3O2. The van der Waals surface area contributed by atoms with Gasteiger partial charge in [-0.3, -0.25) is 9.89 Å². The van der Waals surface area contributed by atoms with Crippen LogP contribution in [0.1, 0.15) is 16.1 Å². The molecule has 0 spiro atoms. The summed E-state index contributed by atoms with van der Waals surface area (Å²) in [6.07, 6.45) is 0. The highest BCUT2D eigenvalue weighted by molar-refractivity contribution is 6.32. The van der Waals surface area contributed by atoms with E-state index in [2.05, 4.69) is 20.3 Å². The van der Waals surface area contributed by atoms with E-state index in [0.29, 0.717) is 11.4 Å². The zero-order chi connectivity index (χ0) is 18.7. The number of hydrogen-bond donors (Lipinski definition) is 2. The Morgan fingerprint density at radius 2 is 1.92 bits per heavy atom. The van der Waals surface area contributed by atoms with E-state index in [1.54, 1.807) is 6.07 Å². The molecule has 5 nitrogen and oxygen atoms in total. The minimum atomic E-state index is -2.97. The largest absolute Gasteiger partial charge is 0.433 e. The maximum absolute atomic E-state index is 12.3. The summed E-state index contributed by atoms with van der Waals surface area (Å²) in [5.41, 5.74) is 3.23. The van der Waals surface area contributed by atoms with Crippen LogP contribution in [-0.4, -0.2) is 22.7 Å². The smallest absolute Gasteiger partial charge is 0.387 e. The number of aryl methyl sites for hydroxylation is 1. The molecule has 0 radical (unpaired) electrons. The topological polar surface area (TPSA) is 67.0 Å². The van der Waals surface area contributed by atoms with Crippen LogP contribution in [0.15, 0.2) is 48.5 Å². The molecule has 0 aliphatic carbocycles. The van der Waals surface area contributed by atoms with Gasteiger partial charge in [-0.25, -0.2) is 0 Å². The lowest BCUT2D eigenvalue weighted by Gasteiger charge is -2.09. The molecule has 0 unspecified atom stereocenters. The number of aromatic nitrogens is 2. The highest BCUT2D eigenvalue weighted by Gasteiger charge is 2.13. The first kappa shape index (κ1) is 17.9. The van der Waals surface area contributed by atoms with E-state index in [-0.39, 0.29) is 16.5 Å². The summed E-state index contributed by atoms with van der Waals surface area (Å²) in [6.45, 7) is -0.992. The van der Waals surface area contributed by atoms with E-state index < -0.39 is 12.5 Å². The number of alkyl halides is 2. The number of carbonyl (C=O) groups excluding carboxylic acids is 1. The Labute approximate surface area is 152 Å². The molecule has 1 amide bonds. The van der Waals surface area contributed by atoms with Crippen molar-refractivity contribution in [2.75, 3.05) is 5.32 Å². The SMILES string of the molecule is Cc1ccc(-c2cc(C(=O)Nc3ccc(OC(F)F)c(Cl)c3)[nH]n2)cc1.